The second-order valence-electron chi connectivity index (χ2n) is 4.85. The summed E-state index contributed by atoms with van der Waals surface area (Å²) < 4.78 is 0. The van der Waals surface area contributed by atoms with Crippen LogP contribution in [0, 0.1) is 6.92 Å². The Morgan fingerprint density at radius 3 is 2.76 bits per heavy atom. The Morgan fingerprint density at radius 1 is 1.14 bits per heavy atom. The molecule has 0 atom stereocenters. The number of pyridine rings is 1. The average molecular weight is 295 g/mol. The van der Waals surface area contributed by atoms with E-state index in [4.69, 9.17) is 4.98 Å². The van der Waals surface area contributed by atoms with Gasteiger partial charge in [-0.15, -0.1) is 11.3 Å². The number of aryl methyl sites for hydroxylation is 2. The molecule has 21 heavy (non-hydrogen) atoms. The minimum Gasteiger partial charge on any atom is -0.330 e. The molecule has 0 saturated heterocycles. The van der Waals surface area contributed by atoms with Gasteiger partial charge in [-0.05, 0) is 31.5 Å². The Balaban J connectivity index is 2.02. The molecule has 0 aliphatic heterocycles. The van der Waals surface area contributed by atoms with Crippen molar-refractivity contribution in [2.45, 2.75) is 20.3 Å². The summed E-state index contributed by atoms with van der Waals surface area (Å²) in [6.45, 7) is 4.23. The van der Waals surface area contributed by atoms with E-state index in [2.05, 4.69) is 48.4 Å². The van der Waals surface area contributed by atoms with Gasteiger partial charge in [0.25, 0.3) is 0 Å². The lowest BCUT2D eigenvalue weighted by molar-refractivity contribution is 1.10. The van der Waals surface area contributed by atoms with Crippen LogP contribution in [-0.4, -0.2) is 9.97 Å². The molecule has 3 aromatic rings. The van der Waals surface area contributed by atoms with Crippen LogP contribution in [0.15, 0.2) is 48.7 Å². The van der Waals surface area contributed by atoms with Crippen LogP contribution in [0.3, 0.4) is 0 Å². The third-order valence-electron chi connectivity index (χ3n) is 3.17. The molecule has 3 nitrogen and oxygen atoms in total. The number of anilines is 2. The molecule has 2 heterocycles. The van der Waals surface area contributed by atoms with E-state index in [1.165, 1.54) is 5.56 Å². The SMILES string of the molecule is CCc1nc(-c2cccc(C)c2)c(Nc2ccccn2)s1. The summed E-state index contributed by atoms with van der Waals surface area (Å²) in [4.78, 5) is 9.09. The molecule has 0 spiro atoms. The molecular formula is C17H17N3S. The van der Waals surface area contributed by atoms with E-state index in [-0.39, 0.29) is 0 Å². The van der Waals surface area contributed by atoms with Crippen LogP contribution in [-0.2, 0) is 6.42 Å². The number of hydrogen-bond acceptors (Lipinski definition) is 4. The van der Waals surface area contributed by atoms with E-state index >= 15 is 0 Å². The molecule has 0 aliphatic carbocycles. The minimum atomic E-state index is 0.845. The molecule has 2 aromatic heterocycles. The largest absolute Gasteiger partial charge is 0.330 e. The van der Waals surface area contributed by atoms with Crippen LogP contribution in [0.25, 0.3) is 11.3 Å². The van der Waals surface area contributed by atoms with Crippen molar-refractivity contribution in [3.63, 3.8) is 0 Å². The summed E-state index contributed by atoms with van der Waals surface area (Å²) in [6.07, 6.45) is 2.73. The van der Waals surface area contributed by atoms with Crippen LogP contribution in [0.5, 0.6) is 0 Å². The summed E-state index contributed by atoms with van der Waals surface area (Å²) in [5.74, 6) is 0.845. The molecular weight excluding hydrogens is 278 g/mol. The summed E-state index contributed by atoms with van der Waals surface area (Å²) in [6, 6.07) is 14.3. The maximum absolute atomic E-state index is 4.76. The van der Waals surface area contributed by atoms with Crippen molar-refractivity contribution in [2.75, 3.05) is 5.32 Å². The Morgan fingerprint density at radius 2 is 2.05 bits per heavy atom. The minimum absolute atomic E-state index is 0.845. The van der Waals surface area contributed by atoms with Gasteiger partial charge in [0.15, 0.2) is 0 Å². The zero-order valence-electron chi connectivity index (χ0n) is 12.1. The van der Waals surface area contributed by atoms with Crippen LogP contribution in [0.4, 0.5) is 10.8 Å². The predicted octanol–water partition coefficient (Wildman–Crippen LogP) is 4.82. The Hall–Kier alpha value is -2.20. The van der Waals surface area contributed by atoms with Crippen molar-refractivity contribution in [2.24, 2.45) is 0 Å². The van der Waals surface area contributed by atoms with Gasteiger partial charge in [0.1, 0.15) is 16.5 Å². The highest BCUT2D eigenvalue weighted by molar-refractivity contribution is 7.16. The predicted molar refractivity (Wildman–Crippen MR) is 89.2 cm³/mol. The lowest BCUT2D eigenvalue weighted by atomic mass is 10.1. The number of hydrogen-bond donors (Lipinski definition) is 1. The summed E-state index contributed by atoms with van der Waals surface area (Å²) in [7, 11) is 0. The molecule has 0 aliphatic rings. The monoisotopic (exact) mass is 295 g/mol. The second-order valence-corrected chi connectivity index (χ2v) is 5.93. The van der Waals surface area contributed by atoms with Crippen molar-refractivity contribution in [1.29, 1.82) is 0 Å². The van der Waals surface area contributed by atoms with Gasteiger partial charge in [0.05, 0.1) is 5.01 Å². The quantitative estimate of drug-likeness (QED) is 0.750. The van der Waals surface area contributed by atoms with Crippen LogP contribution in [0.2, 0.25) is 0 Å². The number of aromatic nitrogens is 2. The van der Waals surface area contributed by atoms with Gasteiger partial charge >= 0.3 is 0 Å². The molecule has 0 amide bonds. The molecule has 3 rings (SSSR count). The van der Waals surface area contributed by atoms with Crippen molar-refractivity contribution in [1.82, 2.24) is 9.97 Å². The van der Waals surface area contributed by atoms with Crippen molar-refractivity contribution >= 4 is 22.2 Å². The molecule has 0 saturated carbocycles. The lowest BCUT2D eigenvalue weighted by Crippen LogP contribution is -1.92. The summed E-state index contributed by atoms with van der Waals surface area (Å²) in [5.41, 5.74) is 3.39. The van der Waals surface area contributed by atoms with Crippen molar-refractivity contribution in [3.05, 3.63) is 59.2 Å². The Kier molecular flexibility index (Phi) is 3.97. The number of rotatable bonds is 4. The fourth-order valence-electron chi connectivity index (χ4n) is 2.14. The van der Waals surface area contributed by atoms with Gasteiger partial charge in [0.2, 0.25) is 0 Å². The smallest absolute Gasteiger partial charge is 0.130 e. The first-order valence-corrected chi connectivity index (χ1v) is 7.82. The Bertz CT molecular complexity index is 735. The summed E-state index contributed by atoms with van der Waals surface area (Å²) >= 11 is 1.69. The zero-order valence-corrected chi connectivity index (χ0v) is 12.9. The highest BCUT2D eigenvalue weighted by atomic mass is 32.1. The van der Waals surface area contributed by atoms with Crippen LogP contribution >= 0.6 is 11.3 Å². The highest BCUT2D eigenvalue weighted by Gasteiger charge is 2.13. The molecule has 0 radical (unpaired) electrons. The normalized spacial score (nSPS) is 10.6. The van der Waals surface area contributed by atoms with Crippen molar-refractivity contribution in [3.8, 4) is 11.3 Å². The van der Waals surface area contributed by atoms with Gasteiger partial charge in [-0.1, -0.05) is 36.8 Å². The molecule has 0 bridgehead atoms. The lowest BCUT2D eigenvalue weighted by Gasteiger charge is -2.05. The van der Waals surface area contributed by atoms with E-state index in [0.29, 0.717) is 0 Å². The standard InChI is InChI=1S/C17H17N3S/c1-3-15-20-16(13-8-6-7-12(2)11-13)17(21-15)19-14-9-4-5-10-18-14/h4-11H,3H2,1-2H3,(H,18,19). The maximum Gasteiger partial charge on any atom is 0.130 e. The van der Waals surface area contributed by atoms with E-state index in [0.717, 1.165) is 33.5 Å². The van der Waals surface area contributed by atoms with E-state index < -0.39 is 0 Å². The first kappa shape index (κ1) is 13.8. The zero-order chi connectivity index (χ0) is 14.7. The van der Waals surface area contributed by atoms with Gasteiger partial charge in [-0.3, -0.25) is 0 Å². The van der Waals surface area contributed by atoms with Gasteiger partial charge < -0.3 is 5.32 Å². The Labute approximate surface area is 128 Å². The fraction of sp³-hybridized carbons (Fsp3) is 0.176. The number of nitrogens with zero attached hydrogens (tertiary/aromatic N) is 2. The highest BCUT2D eigenvalue weighted by Crippen LogP contribution is 2.35. The third kappa shape index (κ3) is 3.11. The van der Waals surface area contributed by atoms with E-state index in [9.17, 15) is 0 Å². The molecule has 1 N–H and O–H groups in total. The second kappa shape index (κ2) is 6.06. The van der Waals surface area contributed by atoms with Crippen molar-refractivity contribution < 1.29 is 0 Å². The van der Waals surface area contributed by atoms with E-state index in [1.54, 1.807) is 17.5 Å². The van der Waals surface area contributed by atoms with Gasteiger partial charge in [0, 0.05) is 11.8 Å². The number of nitrogens with one attached hydrogen (secondary N) is 1. The molecule has 0 fully saturated rings. The number of benzene rings is 1. The van der Waals surface area contributed by atoms with Crippen LogP contribution in [0.1, 0.15) is 17.5 Å². The van der Waals surface area contributed by atoms with Gasteiger partial charge in [-0.25, -0.2) is 9.97 Å². The average Bonchev–Trinajstić information content (AvgIpc) is 2.91. The molecule has 0 unspecified atom stereocenters. The van der Waals surface area contributed by atoms with E-state index in [1.807, 2.05) is 18.2 Å². The van der Waals surface area contributed by atoms with Gasteiger partial charge in [-0.2, -0.15) is 0 Å². The first-order valence-electron chi connectivity index (χ1n) is 7.01. The molecule has 4 heteroatoms. The summed E-state index contributed by atoms with van der Waals surface area (Å²) in [5, 5.41) is 5.57. The maximum atomic E-state index is 4.76. The topological polar surface area (TPSA) is 37.8 Å². The first-order chi connectivity index (χ1) is 10.3. The van der Waals surface area contributed by atoms with Crippen LogP contribution < -0.4 is 5.32 Å². The number of thiazole rings is 1. The molecule has 1 aromatic carbocycles. The third-order valence-corrected chi connectivity index (χ3v) is 4.29. The molecule has 106 valence electrons. The fourth-order valence-corrected chi connectivity index (χ4v) is 3.07.